The topological polar surface area (TPSA) is 66.5 Å². The minimum Gasteiger partial charge on any atom is -0.341 e. The second-order valence-electron chi connectivity index (χ2n) is 6.61. The first kappa shape index (κ1) is 19.2. The predicted molar refractivity (Wildman–Crippen MR) is 96.3 cm³/mol. The van der Waals surface area contributed by atoms with Crippen molar-refractivity contribution in [1.82, 2.24) is 9.62 Å². The first-order valence-electron chi connectivity index (χ1n) is 8.32. The number of piperidine rings is 1. The summed E-state index contributed by atoms with van der Waals surface area (Å²) >= 11 is 5.82. The van der Waals surface area contributed by atoms with Gasteiger partial charge in [0.15, 0.2) is 0 Å². The molecule has 7 heteroatoms. The molecule has 134 valence electrons. The lowest BCUT2D eigenvalue weighted by Crippen LogP contribution is -2.52. The number of benzene rings is 1. The van der Waals surface area contributed by atoms with Gasteiger partial charge < -0.3 is 4.90 Å². The molecule has 1 amide bonds. The number of sulfonamides is 1. The first-order chi connectivity index (χ1) is 11.3. The molecule has 1 aliphatic heterocycles. The van der Waals surface area contributed by atoms with Gasteiger partial charge in [-0.2, -0.15) is 0 Å². The normalized spacial score (nSPS) is 17.1. The van der Waals surface area contributed by atoms with Crippen molar-refractivity contribution < 1.29 is 13.2 Å². The molecule has 0 spiro atoms. The Hall–Kier alpha value is -1.11. The second-order valence-corrected chi connectivity index (χ2v) is 8.80. The van der Waals surface area contributed by atoms with Crippen LogP contribution in [-0.4, -0.2) is 38.4 Å². The van der Waals surface area contributed by atoms with E-state index in [9.17, 15) is 13.2 Å². The van der Waals surface area contributed by atoms with E-state index in [2.05, 4.69) is 4.72 Å². The van der Waals surface area contributed by atoms with Crippen LogP contribution >= 0.6 is 11.6 Å². The zero-order valence-electron chi connectivity index (χ0n) is 14.2. The van der Waals surface area contributed by atoms with E-state index in [1.807, 2.05) is 13.8 Å². The van der Waals surface area contributed by atoms with Crippen molar-refractivity contribution in [2.75, 3.05) is 13.1 Å². The van der Waals surface area contributed by atoms with E-state index in [0.29, 0.717) is 23.7 Å². The zero-order valence-corrected chi connectivity index (χ0v) is 15.7. The van der Waals surface area contributed by atoms with Crippen molar-refractivity contribution in [3.63, 3.8) is 0 Å². The van der Waals surface area contributed by atoms with Crippen molar-refractivity contribution >= 4 is 27.5 Å². The first-order valence-corrected chi connectivity index (χ1v) is 10.3. The third-order valence-corrected chi connectivity index (χ3v) is 5.76. The van der Waals surface area contributed by atoms with Crippen LogP contribution in [0, 0.1) is 5.92 Å². The van der Waals surface area contributed by atoms with Gasteiger partial charge in [-0.1, -0.05) is 37.6 Å². The monoisotopic (exact) mass is 372 g/mol. The summed E-state index contributed by atoms with van der Waals surface area (Å²) in [5.74, 6) is -0.399. The summed E-state index contributed by atoms with van der Waals surface area (Å²) in [6.07, 6.45) is 3.08. The number of hydrogen-bond acceptors (Lipinski definition) is 3. The fourth-order valence-corrected chi connectivity index (χ4v) is 4.42. The van der Waals surface area contributed by atoms with Crippen molar-refractivity contribution in [3.05, 3.63) is 34.9 Å². The number of amides is 1. The number of carbonyl (C=O) groups excluding carboxylic acids is 1. The van der Waals surface area contributed by atoms with Gasteiger partial charge in [-0.05, 0) is 42.9 Å². The minimum atomic E-state index is -3.62. The van der Waals surface area contributed by atoms with Gasteiger partial charge in [-0.3, -0.25) is 4.79 Å². The molecule has 0 unspecified atom stereocenters. The van der Waals surface area contributed by atoms with E-state index >= 15 is 0 Å². The van der Waals surface area contributed by atoms with Gasteiger partial charge in [0.25, 0.3) is 0 Å². The van der Waals surface area contributed by atoms with Crippen molar-refractivity contribution in [3.8, 4) is 0 Å². The van der Waals surface area contributed by atoms with Crippen LogP contribution in [0.2, 0.25) is 5.02 Å². The van der Waals surface area contributed by atoms with Crippen LogP contribution in [0.5, 0.6) is 0 Å². The highest BCUT2D eigenvalue weighted by atomic mass is 35.5. The van der Waals surface area contributed by atoms with Gasteiger partial charge in [0.2, 0.25) is 15.9 Å². The van der Waals surface area contributed by atoms with E-state index in [1.165, 1.54) is 0 Å². The average molecular weight is 373 g/mol. The number of hydrogen-bond donors (Lipinski definition) is 1. The molecular formula is C17H25ClN2O3S. The summed E-state index contributed by atoms with van der Waals surface area (Å²) in [5, 5.41) is 0.560. The molecule has 0 saturated carbocycles. The van der Waals surface area contributed by atoms with Crippen molar-refractivity contribution in [2.24, 2.45) is 5.92 Å². The summed E-state index contributed by atoms with van der Waals surface area (Å²) in [5.41, 5.74) is 0.639. The highest BCUT2D eigenvalue weighted by Gasteiger charge is 2.31. The van der Waals surface area contributed by atoms with Crippen molar-refractivity contribution in [2.45, 2.75) is 44.9 Å². The van der Waals surface area contributed by atoms with Crippen LogP contribution in [0.25, 0.3) is 0 Å². The number of halogens is 1. The number of carbonyl (C=O) groups is 1. The molecule has 1 N–H and O–H groups in total. The van der Waals surface area contributed by atoms with Gasteiger partial charge in [0.05, 0.1) is 5.75 Å². The highest BCUT2D eigenvalue weighted by Crippen LogP contribution is 2.16. The molecule has 0 bridgehead atoms. The number of nitrogens with one attached hydrogen (secondary N) is 1. The summed E-state index contributed by atoms with van der Waals surface area (Å²) in [6.45, 7) is 5.14. The van der Waals surface area contributed by atoms with E-state index in [0.717, 1.165) is 19.3 Å². The molecule has 2 rings (SSSR count). The lowest BCUT2D eigenvalue weighted by Gasteiger charge is -2.32. The highest BCUT2D eigenvalue weighted by molar-refractivity contribution is 7.88. The Labute approximate surface area is 149 Å². The molecule has 1 aromatic carbocycles. The van der Waals surface area contributed by atoms with Crippen molar-refractivity contribution in [1.29, 1.82) is 0 Å². The summed E-state index contributed by atoms with van der Waals surface area (Å²) < 4.78 is 27.5. The standard InChI is InChI=1S/C17H25ClN2O3S/c1-13(2)16(17(21)20-10-4-3-5-11-20)19-24(22,23)12-14-6-8-15(18)9-7-14/h6-9,13,16,19H,3-5,10-12H2,1-2H3/t16-/m0/s1. The maximum Gasteiger partial charge on any atom is 0.241 e. The molecule has 1 heterocycles. The van der Waals surface area contributed by atoms with Crippen LogP contribution in [0.15, 0.2) is 24.3 Å². The summed E-state index contributed by atoms with van der Waals surface area (Å²) in [4.78, 5) is 14.5. The fourth-order valence-electron chi connectivity index (χ4n) is 2.82. The molecule has 1 fully saturated rings. The fraction of sp³-hybridized carbons (Fsp3) is 0.588. The molecular weight excluding hydrogens is 348 g/mol. The van der Waals surface area contributed by atoms with Gasteiger partial charge in [0, 0.05) is 18.1 Å². The largest absolute Gasteiger partial charge is 0.341 e. The summed E-state index contributed by atoms with van der Waals surface area (Å²) in [7, 11) is -3.62. The Balaban J connectivity index is 2.07. The third kappa shape index (κ3) is 5.46. The van der Waals surface area contributed by atoms with Crippen LogP contribution in [0.1, 0.15) is 38.7 Å². The Morgan fingerprint density at radius 1 is 1.17 bits per heavy atom. The number of rotatable bonds is 6. The van der Waals surface area contributed by atoms with Gasteiger partial charge >= 0.3 is 0 Å². The second kappa shape index (κ2) is 8.32. The molecule has 1 aliphatic rings. The Morgan fingerprint density at radius 3 is 2.29 bits per heavy atom. The van der Waals surface area contributed by atoms with E-state index in [1.54, 1.807) is 29.2 Å². The van der Waals surface area contributed by atoms with Crippen LogP contribution in [-0.2, 0) is 20.6 Å². The quantitative estimate of drug-likeness (QED) is 0.834. The lowest BCUT2D eigenvalue weighted by molar-refractivity contribution is -0.134. The van der Waals surface area contributed by atoms with Gasteiger partial charge in [-0.25, -0.2) is 13.1 Å². The van der Waals surface area contributed by atoms with Gasteiger partial charge in [-0.15, -0.1) is 0 Å². The van der Waals surface area contributed by atoms with E-state index in [4.69, 9.17) is 11.6 Å². The Bertz CT molecular complexity index is 653. The molecule has 1 aromatic rings. The Kier molecular flexibility index (Phi) is 6.66. The zero-order chi connectivity index (χ0) is 17.7. The number of likely N-dealkylation sites (tertiary alicyclic amines) is 1. The molecule has 0 aliphatic carbocycles. The summed E-state index contributed by atoms with van der Waals surface area (Å²) in [6, 6.07) is 5.95. The third-order valence-electron chi connectivity index (χ3n) is 4.18. The maximum atomic E-state index is 12.7. The molecule has 1 saturated heterocycles. The average Bonchev–Trinajstić information content (AvgIpc) is 2.54. The SMILES string of the molecule is CC(C)[C@H](NS(=O)(=O)Cc1ccc(Cl)cc1)C(=O)N1CCCCC1. The molecule has 1 atom stereocenters. The molecule has 24 heavy (non-hydrogen) atoms. The Morgan fingerprint density at radius 2 is 1.75 bits per heavy atom. The maximum absolute atomic E-state index is 12.7. The van der Waals surface area contributed by atoms with E-state index in [-0.39, 0.29) is 17.6 Å². The van der Waals surface area contributed by atoms with E-state index < -0.39 is 16.1 Å². The van der Waals surface area contributed by atoms with Crippen LogP contribution in [0.4, 0.5) is 0 Å². The van der Waals surface area contributed by atoms with Crippen LogP contribution < -0.4 is 4.72 Å². The molecule has 5 nitrogen and oxygen atoms in total. The van der Waals surface area contributed by atoms with Crippen LogP contribution in [0.3, 0.4) is 0 Å². The predicted octanol–water partition coefficient (Wildman–Crippen LogP) is 2.80. The minimum absolute atomic E-state index is 0.112. The van der Waals surface area contributed by atoms with Gasteiger partial charge in [0.1, 0.15) is 6.04 Å². The molecule has 0 aromatic heterocycles. The lowest BCUT2D eigenvalue weighted by atomic mass is 10.0. The molecule has 0 radical (unpaired) electrons. The smallest absolute Gasteiger partial charge is 0.241 e. The number of nitrogens with zero attached hydrogens (tertiary/aromatic N) is 1.